The van der Waals surface area contributed by atoms with Crippen LogP contribution in [0.5, 0.6) is 5.75 Å². The van der Waals surface area contributed by atoms with Crippen molar-refractivity contribution in [2.75, 3.05) is 5.32 Å². The highest BCUT2D eigenvalue weighted by molar-refractivity contribution is 5.82. The van der Waals surface area contributed by atoms with Crippen molar-refractivity contribution < 1.29 is 23.1 Å². The van der Waals surface area contributed by atoms with Crippen molar-refractivity contribution in [2.45, 2.75) is 19.1 Å². The van der Waals surface area contributed by atoms with Gasteiger partial charge >= 0.3 is 6.18 Å². The van der Waals surface area contributed by atoms with Crippen molar-refractivity contribution in [3.8, 4) is 16.9 Å². The standard InChI is InChI=1S/C15H14F3N3O2/c1-8(13(19)23)21-14-12(22)6-10(7-20-14)9-3-2-4-11(5-9)15(16,17)18/h2-8,22H,1H3,(H2,19,23)(H,20,21). The topological polar surface area (TPSA) is 88.2 Å². The maximum atomic E-state index is 12.7. The van der Waals surface area contributed by atoms with E-state index in [4.69, 9.17) is 5.73 Å². The van der Waals surface area contributed by atoms with Crippen LogP contribution in [0.4, 0.5) is 19.0 Å². The number of nitrogens with zero attached hydrogens (tertiary/aromatic N) is 1. The van der Waals surface area contributed by atoms with E-state index >= 15 is 0 Å². The van der Waals surface area contributed by atoms with Crippen LogP contribution < -0.4 is 11.1 Å². The number of anilines is 1. The van der Waals surface area contributed by atoms with Crippen LogP contribution in [-0.2, 0) is 11.0 Å². The lowest BCUT2D eigenvalue weighted by Crippen LogP contribution is -2.32. The molecule has 0 aliphatic heterocycles. The highest BCUT2D eigenvalue weighted by atomic mass is 19.4. The minimum absolute atomic E-state index is 0.0204. The number of aromatic hydroxyl groups is 1. The van der Waals surface area contributed by atoms with Gasteiger partial charge in [-0.15, -0.1) is 0 Å². The van der Waals surface area contributed by atoms with Gasteiger partial charge in [0.05, 0.1) is 5.56 Å². The first kappa shape index (κ1) is 16.6. The second-order valence-electron chi connectivity index (χ2n) is 4.94. The lowest BCUT2D eigenvalue weighted by molar-refractivity contribution is -0.137. The molecule has 1 aromatic heterocycles. The van der Waals surface area contributed by atoms with Gasteiger partial charge < -0.3 is 16.2 Å². The molecular formula is C15H14F3N3O2. The molecular weight excluding hydrogens is 311 g/mol. The predicted molar refractivity (Wildman–Crippen MR) is 78.6 cm³/mol. The maximum absolute atomic E-state index is 12.7. The van der Waals surface area contributed by atoms with Crippen LogP contribution in [0.15, 0.2) is 36.5 Å². The van der Waals surface area contributed by atoms with Crippen molar-refractivity contribution in [1.29, 1.82) is 0 Å². The molecule has 1 unspecified atom stereocenters. The third-order valence-corrected chi connectivity index (χ3v) is 3.17. The Bertz CT molecular complexity index is 732. The Hall–Kier alpha value is -2.77. The minimum atomic E-state index is -4.45. The van der Waals surface area contributed by atoms with Gasteiger partial charge in [0, 0.05) is 11.8 Å². The molecule has 1 amide bonds. The van der Waals surface area contributed by atoms with E-state index in [1.54, 1.807) is 0 Å². The molecule has 1 atom stereocenters. The average molecular weight is 325 g/mol. The predicted octanol–water partition coefficient (Wildman–Crippen LogP) is 2.76. The first-order valence-corrected chi connectivity index (χ1v) is 6.61. The van der Waals surface area contributed by atoms with E-state index in [1.165, 1.54) is 31.3 Å². The Labute approximate surface area is 130 Å². The van der Waals surface area contributed by atoms with Crippen molar-refractivity contribution in [3.63, 3.8) is 0 Å². The minimum Gasteiger partial charge on any atom is -0.504 e. The number of nitrogens with one attached hydrogen (secondary N) is 1. The maximum Gasteiger partial charge on any atom is 0.416 e. The molecule has 0 aliphatic carbocycles. The second kappa shape index (κ2) is 6.15. The number of carbonyl (C=O) groups is 1. The third kappa shape index (κ3) is 3.91. The molecule has 2 rings (SSSR count). The number of nitrogens with two attached hydrogens (primary N) is 1. The van der Waals surface area contributed by atoms with Crippen molar-refractivity contribution >= 4 is 11.7 Å². The second-order valence-corrected chi connectivity index (χ2v) is 4.94. The molecule has 0 aliphatic rings. The molecule has 23 heavy (non-hydrogen) atoms. The number of halogens is 3. The van der Waals surface area contributed by atoms with Gasteiger partial charge in [0.25, 0.3) is 0 Å². The molecule has 0 fully saturated rings. The molecule has 8 heteroatoms. The van der Waals surface area contributed by atoms with Gasteiger partial charge in [-0.2, -0.15) is 13.2 Å². The molecule has 0 spiro atoms. The number of amides is 1. The lowest BCUT2D eigenvalue weighted by Gasteiger charge is -2.13. The molecule has 5 nitrogen and oxygen atoms in total. The van der Waals surface area contributed by atoms with E-state index in [1.807, 2.05) is 0 Å². The summed E-state index contributed by atoms with van der Waals surface area (Å²) in [4.78, 5) is 14.9. The zero-order valence-electron chi connectivity index (χ0n) is 12.1. The lowest BCUT2D eigenvalue weighted by atomic mass is 10.0. The SMILES string of the molecule is CC(Nc1ncc(-c2cccc(C(F)(F)F)c2)cc1O)C(N)=O. The first-order chi connectivity index (χ1) is 10.7. The first-order valence-electron chi connectivity index (χ1n) is 6.61. The van der Waals surface area contributed by atoms with Gasteiger partial charge in [-0.25, -0.2) is 4.98 Å². The Kier molecular flexibility index (Phi) is 4.44. The van der Waals surface area contributed by atoms with Crippen molar-refractivity contribution in [2.24, 2.45) is 5.73 Å². The zero-order valence-corrected chi connectivity index (χ0v) is 12.1. The Balaban J connectivity index is 2.32. The fraction of sp³-hybridized carbons (Fsp3) is 0.200. The van der Waals surface area contributed by atoms with Gasteiger partial charge in [-0.05, 0) is 30.7 Å². The monoisotopic (exact) mass is 325 g/mol. The van der Waals surface area contributed by atoms with Crippen LogP contribution in [0.25, 0.3) is 11.1 Å². The van der Waals surface area contributed by atoms with E-state index in [2.05, 4.69) is 10.3 Å². The van der Waals surface area contributed by atoms with E-state index in [9.17, 15) is 23.1 Å². The highest BCUT2D eigenvalue weighted by Crippen LogP contribution is 2.33. The van der Waals surface area contributed by atoms with E-state index in [0.717, 1.165) is 12.1 Å². The van der Waals surface area contributed by atoms with Gasteiger partial charge in [-0.3, -0.25) is 4.79 Å². The number of hydrogen-bond acceptors (Lipinski definition) is 4. The number of benzene rings is 1. The largest absolute Gasteiger partial charge is 0.504 e. The quantitative estimate of drug-likeness (QED) is 0.806. The molecule has 0 radical (unpaired) electrons. The van der Waals surface area contributed by atoms with Crippen molar-refractivity contribution in [3.05, 3.63) is 42.1 Å². The summed E-state index contributed by atoms with van der Waals surface area (Å²) in [5, 5.41) is 12.5. The summed E-state index contributed by atoms with van der Waals surface area (Å²) in [5.41, 5.74) is 4.87. The molecule has 0 saturated heterocycles. The van der Waals surface area contributed by atoms with Crippen LogP contribution >= 0.6 is 0 Å². The summed E-state index contributed by atoms with van der Waals surface area (Å²) in [6.45, 7) is 1.49. The van der Waals surface area contributed by atoms with Crippen molar-refractivity contribution in [1.82, 2.24) is 4.98 Å². The molecule has 0 bridgehead atoms. The molecule has 0 saturated carbocycles. The third-order valence-electron chi connectivity index (χ3n) is 3.17. The Morgan fingerprint density at radius 2 is 2.00 bits per heavy atom. The average Bonchev–Trinajstić information content (AvgIpc) is 2.48. The molecule has 2 aromatic rings. The number of aromatic nitrogens is 1. The number of primary amides is 1. The number of carbonyl (C=O) groups excluding carboxylic acids is 1. The molecule has 4 N–H and O–H groups in total. The summed E-state index contributed by atoms with van der Waals surface area (Å²) in [6.07, 6.45) is -3.16. The van der Waals surface area contributed by atoms with E-state index < -0.39 is 23.7 Å². The van der Waals surface area contributed by atoms with Gasteiger partial charge in [0.2, 0.25) is 5.91 Å². The highest BCUT2D eigenvalue weighted by Gasteiger charge is 2.30. The van der Waals surface area contributed by atoms with E-state index in [0.29, 0.717) is 5.56 Å². The van der Waals surface area contributed by atoms with Gasteiger partial charge in [0.15, 0.2) is 11.6 Å². The summed E-state index contributed by atoms with van der Waals surface area (Å²) >= 11 is 0. The normalized spacial score (nSPS) is 12.7. The summed E-state index contributed by atoms with van der Waals surface area (Å²) in [5.74, 6) is -0.909. The van der Waals surface area contributed by atoms with E-state index in [-0.39, 0.29) is 17.1 Å². The fourth-order valence-corrected chi connectivity index (χ4v) is 1.87. The summed E-state index contributed by atoms with van der Waals surface area (Å²) in [7, 11) is 0. The smallest absolute Gasteiger partial charge is 0.416 e. The molecule has 122 valence electrons. The molecule has 1 aromatic carbocycles. The molecule has 1 heterocycles. The zero-order chi connectivity index (χ0) is 17.2. The number of rotatable bonds is 4. The number of hydrogen-bond donors (Lipinski definition) is 3. The Morgan fingerprint density at radius 1 is 1.30 bits per heavy atom. The Morgan fingerprint density at radius 3 is 2.57 bits per heavy atom. The van der Waals surface area contributed by atoms with Crippen LogP contribution in [0.1, 0.15) is 12.5 Å². The van der Waals surface area contributed by atoms with Gasteiger partial charge in [-0.1, -0.05) is 12.1 Å². The van der Waals surface area contributed by atoms with Gasteiger partial charge in [0.1, 0.15) is 6.04 Å². The fourth-order valence-electron chi connectivity index (χ4n) is 1.87. The van der Waals surface area contributed by atoms with Crippen LogP contribution in [0.2, 0.25) is 0 Å². The number of pyridine rings is 1. The summed E-state index contributed by atoms with van der Waals surface area (Å²) in [6, 6.07) is 5.18. The van der Waals surface area contributed by atoms with Crippen LogP contribution in [0.3, 0.4) is 0 Å². The summed E-state index contributed by atoms with van der Waals surface area (Å²) < 4.78 is 38.2. The van der Waals surface area contributed by atoms with Crippen LogP contribution in [0, 0.1) is 0 Å². The van der Waals surface area contributed by atoms with Crippen LogP contribution in [-0.4, -0.2) is 22.0 Å². The number of alkyl halides is 3.